The zero-order valence-electron chi connectivity index (χ0n) is 12.2. The number of fused-ring (bicyclic) bond motifs is 1. The van der Waals surface area contributed by atoms with Gasteiger partial charge < -0.3 is 9.67 Å². The summed E-state index contributed by atoms with van der Waals surface area (Å²) in [6, 6.07) is 6.99. The molecule has 0 aliphatic heterocycles. The van der Waals surface area contributed by atoms with Crippen LogP contribution in [0.3, 0.4) is 0 Å². The third kappa shape index (κ3) is 2.27. The van der Waals surface area contributed by atoms with Crippen LogP contribution in [-0.4, -0.2) is 9.67 Å². The average Bonchev–Trinajstić information content (AvgIpc) is 2.69. The normalized spacial score (nSPS) is 20.8. The number of benzene rings is 1. The summed E-state index contributed by atoms with van der Waals surface area (Å²) in [4.78, 5) is 0. The van der Waals surface area contributed by atoms with E-state index in [0.29, 0.717) is 0 Å². The van der Waals surface area contributed by atoms with Crippen molar-refractivity contribution in [1.29, 1.82) is 0 Å². The van der Waals surface area contributed by atoms with Gasteiger partial charge in [-0.15, -0.1) is 0 Å². The Morgan fingerprint density at radius 2 is 2.05 bits per heavy atom. The fraction of sp³-hybridized carbons (Fsp3) is 0.412. The van der Waals surface area contributed by atoms with Crippen molar-refractivity contribution in [3.05, 3.63) is 53.1 Å². The van der Waals surface area contributed by atoms with Crippen LogP contribution in [0.4, 0.5) is 4.39 Å². The van der Waals surface area contributed by atoms with Crippen LogP contribution < -0.4 is 0 Å². The second-order valence-electron chi connectivity index (χ2n) is 6.64. The van der Waals surface area contributed by atoms with Crippen LogP contribution in [0.15, 0.2) is 30.5 Å². The lowest BCUT2D eigenvalue weighted by atomic mass is 9.75. The van der Waals surface area contributed by atoms with E-state index in [1.165, 1.54) is 6.07 Å². The van der Waals surface area contributed by atoms with Crippen molar-refractivity contribution in [2.45, 2.75) is 39.7 Å². The molecule has 3 heteroatoms. The number of aliphatic hydroxyl groups is 1. The van der Waals surface area contributed by atoms with Crippen LogP contribution in [0.25, 0.3) is 5.69 Å². The molecule has 3 rings (SSSR count). The monoisotopic (exact) mass is 273 g/mol. The van der Waals surface area contributed by atoms with Crippen molar-refractivity contribution < 1.29 is 9.50 Å². The molecule has 1 aliphatic carbocycles. The molecule has 20 heavy (non-hydrogen) atoms. The fourth-order valence-corrected chi connectivity index (χ4v) is 3.23. The molecular formula is C17H20FNO. The first-order valence-corrected chi connectivity index (χ1v) is 7.01. The first-order valence-electron chi connectivity index (χ1n) is 7.01. The van der Waals surface area contributed by atoms with E-state index in [-0.39, 0.29) is 11.2 Å². The van der Waals surface area contributed by atoms with Gasteiger partial charge in [-0.25, -0.2) is 4.39 Å². The Balaban J connectivity index is 2.13. The van der Waals surface area contributed by atoms with E-state index in [2.05, 4.69) is 13.8 Å². The number of hydrogen-bond acceptors (Lipinski definition) is 1. The topological polar surface area (TPSA) is 25.2 Å². The van der Waals surface area contributed by atoms with Gasteiger partial charge in [-0.1, -0.05) is 13.8 Å². The van der Waals surface area contributed by atoms with Crippen LogP contribution in [0.2, 0.25) is 0 Å². The third-order valence-electron chi connectivity index (χ3n) is 4.08. The van der Waals surface area contributed by atoms with Gasteiger partial charge in [-0.3, -0.25) is 0 Å². The number of hydrogen-bond donors (Lipinski definition) is 1. The van der Waals surface area contributed by atoms with Gasteiger partial charge in [0.2, 0.25) is 0 Å². The van der Waals surface area contributed by atoms with Gasteiger partial charge in [0.25, 0.3) is 0 Å². The van der Waals surface area contributed by atoms with Crippen molar-refractivity contribution in [3.8, 4) is 5.69 Å². The lowest BCUT2D eigenvalue weighted by molar-refractivity contribution is 0.0987. The Labute approximate surface area is 118 Å². The van der Waals surface area contributed by atoms with Crippen LogP contribution in [-0.2, 0) is 6.42 Å². The molecule has 0 bridgehead atoms. The number of nitrogens with zero attached hydrogens (tertiary/aromatic N) is 1. The quantitative estimate of drug-likeness (QED) is 0.836. The summed E-state index contributed by atoms with van der Waals surface area (Å²) in [5.41, 5.74) is 3.86. The smallest absolute Gasteiger partial charge is 0.125 e. The summed E-state index contributed by atoms with van der Waals surface area (Å²) in [5, 5.41) is 10.3. The van der Waals surface area contributed by atoms with Crippen molar-refractivity contribution in [1.82, 2.24) is 4.57 Å². The number of rotatable bonds is 1. The Hall–Kier alpha value is -1.61. The zero-order valence-corrected chi connectivity index (χ0v) is 12.2. The van der Waals surface area contributed by atoms with E-state index in [0.717, 1.165) is 35.3 Å². The number of aliphatic hydroxyl groups excluding tert-OH is 1. The molecule has 1 heterocycles. The van der Waals surface area contributed by atoms with Crippen LogP contribution in [0, 0.1) is 18.2 Å². The Kier molecular flexibility index (Phi) is 2.98. The van der Waals surface area contributed by atoms with E-state index in [1.807, 2.05) is 29.8 Å². The van der Waals surface area contributed by atoms with Gasteiger partial charge >= 0.3 is 0 Å². The van der Waals surface area contributed by atoms with E-state index in [9.17, 15) is 9.50 Å². The standard InChI is InChI=1S/C17H20FNO/c1-11-6-12(18)8-13(7-11)19-5-4-14-15(19)9-17(2,3)10-16(14)20/h4-8,16,20H,9-10H2,1-3H3. The highest BCUT2D eigenvalue weighted by Gasteiger charge is 2.33. The molecule has 0 spiro atoms. The molecule has 2 nitrogen and oxygen atoms in total. The van der Waals surface area contributed by atoms with Crippen molar-refractivity contribution in [3.63, 3.8) is 0 Å². The molecule has 1 aromatic heterocycles. The van der Waals surface area contributed by atoms with Crippen LogP contribution in [0.5, 0.6) is 0 Å². The minimum Gasteiger partial charge on any atom is -0.388 e. The van der Waals surface area contributed by atoms with Crippen molar-refractivity contribution in [2.75, 3.05) is 0 Å². The van der Waals surface area contributed by atoms with E-state index >= 15 is 0 Å². The lowest BCUT2D eigenvalue weighted by Crippen LogP contribution is -2.26. The molecule has 1 unspecified atom stereocenters. The Bertz CT molecular complexity index is 637. The predicted octanol–water partition coefficient (Wildman–Crippen LogP) is 3.93. The lowest BCUT2D eigenvalue weighted by Gasteiger charge is -2.34. The highest BCUT2D eigenvalue weighted by Crippen LogP contribution is 2.41. The minimum absolute atomic E-state index is 0.0604. The van der Waals surface area contributed by atoms with Crippen LogP contribution >= 0.6 is 0 Å². The highest BCUT2D eigenvalue weighted by atomic mass is 19.1. The second kappa shape index (κ2) is 4.45. The fourth-order valence-electron chi connectivity index (χ4n) is 3.23. The molecule has 0 amide bonds. The molecule has 0 fully saturated rings. The SMILES string of the molecule is Cc1cc(F)cc(-n2ccc3c2CC(C)(C)CC3O)c1. The van der Waals surface area contributed by atoms with Gasteiger partial charge in [-0.05, 0) is 55.0 Å². The number of aryl methyl sites for hydroxylation is 1. The largest absolute Gasteiger partial charge is 0.388 e. The van der Waals surface area contributed by atoms with Crippen molar-refractivity contribution >= 4 is 0 Å². The van der Waals surface area contributed by atoms with Gasteiger partial charge in [0.1, 0.15) is 5.82 Å². The Morgan fingerprint density at radius 1 is 1.30 bits per heavy atom. The number of aromatic nitrogens is 1. The molecular weight excluding hydrogens is 253 g/mol. The molecule has 2 aromatic rings. The Morgan fingerprint density at radius 3 is 2.75 bits per heavy atom. The van der Waals surface area contributed by atoms with E-state index < -0.39 is 6.10 Å². The summed E-state index contributed by atoms with van der Waals surface area (Å²) in [7, 11) is 0. The molecule has 0 saturated heterocycles. The molecule has 106 valence electrons. The molecule has 1 N–H and O–H groups in total. The maximum absolute atomic E-state index is 13.6. The molecule has 0 saturated carbocycles. The minimum atomic E-state index is -0.426. The third-order valence-corrected chi connectivity index (χ3v) is 4.08. The molecule has 1 aromatic carbocycles. The maximum Gasteiger partial charge on any atom is 0.125 e. The summed E-state index contributed by atoms with van der Waals surface area (Å²) >= 11 is 0. The average molecular weight is 273 g/mol. The first kappa shape index (κ1) is 13.4. The van der Waals surface area contributed by atoms with E-state index in [4.69, 9.17) is 0 Å². The molecule has 1 aliphatic rings. The van der Waals surface area contributed by atoms with E-state index in [1.54, 1.807) is 6.07 Å². The second-order valence-corrected chi connectivity index (χ2v) is 6.64. The predicted molar refractivity (Wildman–Crippen MR) is 77.5 cm³/mol. The maximum atomic E-state index is 13.6. The molecule has 1 atom stereocenters. The number of halogens is 1. The first-order chi connectivity index (χ1) is 9.35. The highest BCUT2D eigenvalue weighted by molar-refractivity contribution is 5.42. The summed E-state index contributed by atoms with van der Waals surface area (Å²) < 4.78 is 15.6. The summed E-state index contributed by atoms with van der Waals surface area (Å²) in [5.74, 6) is -0.224. The van der Waals surface area contributed by atoms with Crippen LogP contribution in [0.1, 0.15) is 43.2 Å². The summed E-state index contributed by atoms with van der Waals surface area (Å²) in [6.07, 6.45) is 3.17. The molecule has 0 radical (unpaired) electrons. The summed E-state index contributed by atoms with van der Waals surface area (Å²) in [6.45, 7) is 6.21. The van der Waals surface area contributed by atoms with Gasteiger partial charge in [0.05, 0.1) is 6.10 Å². The van der Waals surface area contributed by atoms with Crippen molar-refractivity contribution in [2.24, 2.45) is 5.41 Å². The van der Waals surface area contributed by atoms with Gasteiger partial charge in [0, 0.05) is 23.1 Å². The van der Waals surface area contributed by atoms with Gasteiger partial charge in [-0.2, -0.15) is 0 Å². The van der Waals surface area contributed by atoms with Gasteiger partial charge in [0.15, 0.2) is 0 Å². The zero-order chi connectivity index (χ0) is 14.5.